The van der Waals surface area contributed by atoms with Crippen LogP contribution in [0.1, 0.15) is 12.5 Å². The second kappa shape index (κ2) is 7.29. The minimum atomic E-state index is -2.06. The lowest BCUT2D eigenvalue weighted by Gasteiger charge is -2.28. The predicted octanol–water partition coefficient (Wildman–Crippen LogP) is -0.426. The van der Waals surface area contributed by atoms with Crippen LogP contribution >= 0.6 is 0 Å². The third-order valence-electron chi connectivity index (χ3n) is 4.10. The lowest BCUT2D eigenvalue weighted by molar-refractivity contribution is 0.341. The number of nitrogens with zero attached hydrogens (tertiary/aromatic N) is 3. The van der Waals surface area contributed by atoms with E-state index in [1.54, 1.807) is 9.13 Å². The van der Waals surface area contributed by atoms with Crippen LogP contribution in [-0.2, 0) is 17.6 Å². The Balaban J connectivity index is 1.84. The van der Waals surface area contributed by atoms with Gasteiger partial charge in [0.15, 0.2) is 0 Å². The molecule has 0 aliphatic carbocycles. The number of benzene rings is 1. The van der Waals surface area contributed by atoms with Gasteiger partial charge in [-0.15, -0.1) is 0 Å². The van der Waals surface area contributed by atoms with Crippen molar-refractivity contribution in [1.29, 1.82) is 0 Å². The topological polar surface area (TPSA) is 117 Å². The number of nitrogens with one attached hydrogen (secondary N) is 1. The van der Waals surface area contributed by atoms with Crippen LogP contribution in [0.4, 0.5) is 0 Å². The molecule has 0 spiro atoms. The fraction of sp³-hybridized carbons (Fsp3) is 0.467. The van der Waals surface area contributed by atoms with Gasteiger partial charge in [0, 0.05) is 25.4 Å². The van der Waals surface area contributed by atoms with Crippen LogP contribution in [0.3, 0.4) is 0 Å². The first-order valence-electron chi connectivity index (χ1n) is 7.83. The van der Waals surface area contributed by atoms with Gasteiger partial charge >= 0.3 is 5.69 Å². The van der Waals surface area contributed by atoms with E-state index in [-0.39, 0.29) is 24.0 Å². The molecule has 1 unspecified atom stereocenters. The number of aromatic nitrogens is 2. The number of para-hydroxylation sites is 2. The second-order valence-electron chi connectivity index (χ2n) is 5.77. The van der Waals surface area contributed by atoms with E-state index in [2.05, 4.69) is 10.3 Å². The van der Waals surface area contributed by atoms with Crippen molar-refractivity contribution >= 4 is 27.9 Å². The lowest BCUT2D eigenvalue weighted by atomic mass is 10.1. The highest BCUT2D eigenvalue weighted by Gasteiger charge is 2.24. The number of fused-ring (bicyclic) bond motifs is 1. The average molecular weight is 350 g/mol. The van der Waals surface area contributed by atoms with Crippen LogP contribution in [0.25, 0.3) is 11.0 Å². The average Bonchev–Trinajstić information content (AvgIpc) is 2.76. The first-order chi connectivity index (χ1) is 11.6. The molecule has 3 N–H and O–H groups in total. The maximum absolute atomic E-state index is 12.8. The summed E-state index contributed by atoms with van der Waals surface area (Å²) in [6, 6.07) is 7.79. The molecule has 1 aromatic carbocycles. The van der Waals surface area contributed by atoms with Gasteiger partial charge in [0.2, 0.25) is 0 Å². The van der Waals surface area contributed by atoms with Gasteiger partial charge in [-0.25, -0.2) is 4.79 Å². The van der Waals surface area contributed by atoms with E-state index in [1.165, 1.54) is 0 Å². The summed E-state index contributed by atoms with van der Waals surface area (Å²) < 4.78 is 24.4. The van der Waals surface area contributed by atoms with Crippen molar-refractivity contribution in [2.45, 2.75) is 19.0 Å². The summed E-state index contributed by atoms with van der Waals surface area (Å²) in [6.45, 7) is 2.10. The fourth-order valence-electron chi connectivity index (χ4n) is 2.81. The number of imidazole rings is 1. The van der Waals surface area contributed by atoms with Crippen LogP contribution in [0.5, 0.6) is 0 Å². The maximum Gasteiger partial charge on any atom is 0.329 e. The van der Waals surface area contributed by atoms with Crippen molar-refractivity contribution in [3.63, 3.8) is 0 Å². The number of aliphatic imine (C=N–C) groups is 1. The Hall–Kier alpha value is -1.97. The highest BCUT2D eigenvalue weighted by Crippen LogP contribution is 2.19. The first-order valence-corrected chi connectivity index (χ1v) is 9.07. The predicted molar refractivity (Wildman–Crippen MR) is 93.0 cm³/mol. The van der Waals surface area contributed by atoms with E-state index in [9.17, 15) is 13.6 Å². The largest absolute Gasteiger partial charge is 0.772 e. The molecular weight excluding hydrogens is 330 g/mol. The molecule has 1 saturated heterocycles. The van der Waals surface area contributed by atoms with Gasteiger partial charge in [-0.1, -0.05) is 23.2 Å². The van der Waals surface area contributed by atoms with E-state index in [4.69, 9.17) is 5.73 Å². The summed E-state index contributed by atoms with van der Waals surface area (Å²) in [5.74, 6) is 0.383. The van der Waals surface area contributed by atoms with Gasteiger partial charge in [0.1, 0.15) is 5.84 Å². The third-order valence-corrected chi connectivity index (χ3v) is 4.72. The molecule has 1 atom stereocenters. The van der Waals surface area contributed by atoms with Crippen LogP contribution in [0.15, 0.2) is 34.1 Å². The summed E-state index contributed by atoms with van der Waals surface area (Å²) in [6.07, 6.45) is 0.418. The summed E-state index contributed by atoms with van der Waals surface area (Å²) in [5.41, 5.74) is 7.55. The lowest BCUT2D eigenvalue weighted by Crippen LogP contribution is -2.47. The first kappa shape index (κ1) is 16.9. The zero-order chi connectivity index (χ0) is 17.1. The third kappa shape index (κ3) is 3.42. The number of hydrogen-bond acceptors (Lipinski definition) is 5. The minimum absolute atomic E-state index is 0.0602. The molecule has 1 aliphatic heterocycles. The Kier molecular flexibility index (Phi) is 5.12. The highest BCUT2D eigenvalue weighted by molar-refractivity contribution is 7.79. The van der Waals surface area contributed by atoms with Crippen molar-refractivity contribution in [1.82, 2.24) is 14.5 Å². The van der Waals surface area contributed by atoms with Gasteiger partial charge in [0.25, 0.3) is 0 Å². The molecule has 2 aromatic rings. The van der Waals surface area contributed by atoms with Crippen molar-refractivity contribution in [3.8, 4) is 0 Å². The molecule has 0 saturated carbocycles. The monoisotopic (exact) mass is 350 g/mol. The molecule has 1 aliphatic rings. The zero-order valence-corrected chi connectivity index (χ0v) is 14.0. The van der Waals surface area contributed by atoms with Crippen molar-refractivity contribution in [2.75, 3.05) is 25.4 Å². The van der Waals surface area contributed by atoms with Gasteiger partial charge in [0.05, 0.1) is 23.6 Å². The molecule has 1 aromatic heterocycles. The van der Waals surface area contributed by atoms with Crippen molar-refractivity contribution in [3.05, 3.63) is 34.7 Å². The summed E-state index contributed by atoms with van der Waals surface area (Å²) in [4.78, 5) is 17.0. The molecule has 0 bridgehead atoms. The molecular formula is C15H20N5O3S-. The Labute approximate surface area is 141 Å². The van der Waals surface area contributed by atoms with Gasteiger partial charge in [-0.05, 0) is 18.6 Å². The van der Waals surface area contributed by atoms with Gasteiger partial charge < -0.3 is 15.6 Å². The van der Waals surface area contributed by atoms with E-state index in [1.807, 2.05) is 24.3 Å². The number of rotatable bonds is 7. The standard InChI is InChI=1S/C15H21N5O3S/c16-14(18-6-3-7-24(22)23)10-19-12-4-1-2-5-13(12)20(15(19)21)11-8-17-9-11/h1-2,4-5,11,17H,3,6-10H2,(H2,16,18)(H,22,23)/p-1. The molecule has 9 heteroatoms. The number of nitrogens with two attached hydrogens (primary N) is 1. The van der Waals surface area contributed by atoms with Gasteiger partial charge in [-0.2, -0.15) is 0 Å². The van der Waals surface area contributed by atoms with Crippen LogP contribution in [0, 0.1) is 0 Å². The smallest absolute Gasteiger partial charge is 0.329 e. The van der Waals surface area contributed by atoms with E-state index in [0.29, 0.717) is 18.8 Å². The van der Waals surface area contributed by atoms with Crippen molar-refractivity contribution < 1.29 is 8.76 Å². The molecule has 0 amide bonds. The maximum atomic E-state index is 12.8. The molecule has 1 fully saturated rings. The van der Waals surface area contributed by atoms with Crippen molar-refractivity contribution in [2.24, 2.45) is 10.7 Å². The molecule has 130 valence electrons. The fourth-order valence-corrected chi connectivity index (χ4v) is 3.18. The Morgan fingerprint density at radius 1 is 1.38 bits per heavy atom. The van der Waals surface area contributed by atoms with Crippen LogP contribution in [0.2, 0.25) is 0 Å². The van der Waals surface area contributed by atoms with Crippen LogP contribution in [-0.4, -0.2) is 49.1 Å². The van der Waals surface area contributed by atoms with E-state index >= 15 is 0 Å². The molecule has 8 nitrogen and oxygen atoms in total. The molecule has 24 heavy (non-hydrogen) atoms. The SMILES string of the molecule is NC(Cn1c(=O)n(C2CNC2)c2ccccc21)=NCCCS(=O)[O-]. The quantitative estimate of drug-likeness (QED) is 0.304. The minimum Gasteiger partial charge on any atom is -0.772 e. The summed E-state index contributed by atoms with van der Waals surface area (Å²) in [7, 11) is 0. The number of hydrogen-bond donors (Lipinski definition) is 2. The molecule has 2 heterocycles. The second-order valence-corrected chi connectivity index (χ2v) is 6.79. The summed E-state index contributed by atoms with van der Waals surface area (Å²) in [5, 5.41) is 3.18. The molecule has 3 rings (SSSR count). The Morgan fingerprint density at radius 3 is 2.71 bits per heavy atom. The van der Waals surface area contributed by atoms with E-state index in [0.717, 1.165) is 24.1 Å². The summed E-state index contributed by atoms with van der Waals surface area (Å²) >= 11 is -2.06. The van der Waals surface area contributed by atoms with E-state index < -0.39 is 11.1 Å². The number of amidine groups is 1. The molecule has 0 radical (unpaired) electrons. The Morgan fingerprint density at radius 2 is 2.08 bits per heavy atom. The van der Waals surface area contributed by atoms with Gasteiger partial charge in [-0.3, -0.25) is 18.3 Å². The normalized spacial score (nSPS) is 17.1. The highest BCUT2D eigenvalue weighted by atomic mass is 32.2. The Bertz CT molecular complexity index is 837. The zero-order valence-electron chi connectivity index (χ0n) is 13.2. The van der Waals surface area contributed by atoms with Crippen LogP contribution < -0.4 is 16.7 Å².